The van der Waals surface area contributed by atoms with Crippen LogP contribution in [0.25, 0.3) is 11.3 Å². The summed E-state index contributed by atoms with van der Waals surface area (Å²) in [5, 5.41) is 9.97. The molecule has 6 nitrogen and oxygen atoms in total. The molecule has 0 saturated carbocycles. The highest BCUT2D eigenvalue weighted by molar-refractivity contribution is 9.10. The average molecular weight is 449 g/mol. The number of ether oxygens (including phenoxy) is 1. The molecule has 3 rings (SSSR count). The van der Waals surface area contributed by atoms with Crippen LogP contribution in [0.15, 0.2) is 59.1 Å². The van der Waals surface area contributed by atoms with E-state index in [0.717, 1.165) is 15.6 Å². The second kappa shape index (κ2) is 8.83. The van der Waals surface area contributed by atoms with E-state index in [-0.39, 0.29) is 12.3 Å². The zero-order valence-corrected chi connectivity index (χ0v) is 16.4. The maximum Gasteiger partial charge on any atom is 0.356 e. The highest BCUT2D eigenvalue weighted by Gasteiger charge is 2.14. The Labute approximate surface area is 169 Å². The molecule has 0 fully saturated rings. The van der Waals surface area contributed by atoms with E-state index in [1.165, 1.54) is 0 Å². The number of halogens is 2. The zero-order valence-electron chi connectivity index (χ0n) is 14.0. The van der Waals surface area contributed by atoms with Gasteiger partial charge in [-0.2, -0.15) is 5.10 Å². The quantitative estimate of drug-likeness (QED) is 0.559. The van der Waals surface area contributed by atoms with Crippen molar-refractivity contribution in [3.8, 4) is 11.3 Å². The third-order valence-corrected chi connectivity index (χ3v) is 4.41. The number of benzene rings is 2. The van der Waals surface area contributed by atoms with Crippen molar-refractivity contribution >= 4 is 39.4 Å². The molecular formula is C19H15BrClN3O3. The number of carbonyl (C=O) groups excluding carboxylic acids is 2. The van der Waals surface area contributed by atoms with Gasteiger partial charge in [-0.05, 0) is 35.9 Å². The fourth-order valence-electron chi connectivity index (χ4n) is 2.30. The smallest absolute Gasteiger partial charge is 0.356 e. The van der Waals surface area contributed by atoms with Gasteiger partial charge in [-0.25, -0.2) is 4.79 Å². The summed E-state index contributed by atoms with van der Waals surface area (Å²) < 4.78 is 5.96. The van der Waals surface area contributed by atoms with Crippen LogP contribution < -0.4 is 5.32 Å². The predicted molar refractivity (Wildman–Crippen MR) is 105 cm³/mol. The molecule has 2 N–H and O–H groups in total. The first-order chi connectivity index (χ1) is 13.0. The van der Waals surface area contributed by atoms with Crippen molar-refractivity contribution in [1.29, 1.82) is 0 Å². The Balaban J connectivity index is 1.50. The van der Waals surface area contributed by atoms with Crippen molar-refractivity contribution in [2.24, 2.45) is 0 Å². The minimum Gasteiger partial charge on any atom is -0.451 e. The topological polar surface area (TPSA) is 84.1 Å². The maximum absolute atomic E-state index is 12.1. The van der Waals surface area contributed by atoms with Gasteiger partial charge in [-0.15, -0.1) is 0 Å². The van der Waals surface area contributed by atoms with E-state index >= 15 is 0 Å². The number of carbonyl (C=O) groups is 2. The lowest BCUT2D eigenvalue weighted by atomic mass is 10.1. The molecule has 0 unspecified atom stereocenters. The first-order valence-electron chi connectivity index (χ1n) is 8.01. The van der Waals surface area contributed by atoms with Crippen molar-refractivity contribution < 1.29 is 14.3 Å². The summed E-state index contributed by atoms with van der Waals surface area (Å²) in [4.78, 5) is 23.9. The van der Waals surface area contributed by atoms with Gasteiger partial charge in [0, 0.05) is 21.6 Å². The third kappa shape index (κ3) is 5.42. The number of hydrogen-bond donors (Lipinski definition) is 2. The molecule has 0 aliphatic heterocycles. The summed E-state index contributed by atoms with van der Waals surface area (Å²) in [7, 11) is 0. The highest BCUT2D eigenvalue weighted by Crippen LogP contribution is 2.20. The summed E-state index contributed by atoms with van der Waals surface area (Å²) in [5.41, 5.74) is 2.50. The van der Waals surface area contributed by atoms with Gasteiger partial charge in [-0.1, -0.05) is 51.8 Å². The van der Waals surface area contributed by atoms with E-state index in [4.69, 9.17) is 16.3 Å². The fraction of sp³-hybridized carbons (Fsp3) is 0.105. The molecule has 0 aliphatic rings. The molecule has 2 aromatic carbocycles. The Kier molecular flexibility index (Phi) is 6.26. The molecule has 0 radical (unpaired) electrons. The highest BCUT2D eigenvalue weighted by atomic mass is 79.9. The normalized spacial score (nSPS) is 10.4. The van der Waals surface area contributed by atoms with E-state index in [0.29, 0.717) is 17.3 Å². The molecule has 0 aliphatic carbocycles. The predicted octanol–water partition coefficient (Wildman–Crippen LogP) is 3.97. The van der Waals surface area contributed by atoms with Crippen LogP contribution in [0, 0.1) is 0 Å². The number of H-pyrrole nitrogens is 1. The molecule has 8 heteroatoms. The standard InChI is InChI=1S/C19H15BrClN3O3/c20-14-6-4-13(5-7-14)16-9-17(24-23-16)19(26)27-11-18(25)22-10-12-2-1-3-15(21)8-12/h1-9H,10-11H2,(H,22,25)(H,23,24). The van der Waals surface area contributed by atoms with Crippen molar-refractivity contribution in [3.05, 3.63) is 75.4 Å². The SMILES string of the molecule is O=C(COC(=O)c1cc(-c2ccc(Br)cc2)n[nH]1)NCc1cccc(Cl)c1. The van der Waals surface area contributed by atoms with Crippen LogP contribution >= 0.6 is 27.5 Å². The molecular weight excluding hydrogens is 434 g/mol. The lowest BCUT2D eigenvalue weighted by molar-refractivity contribution is -0.124. The Morgan fingerprint density at radius 1 is 1.15 bits per heavy atom. The van der Waals surface area contributed by atoms with Gasteiger partial charge >= 0.3 is 5.97 Å². The van der Waals surface area contributed by atoms with Crippen LogP contribution in [0.2, 0.25) is 5.02 Å². The van der Waals surface area contributed by atoms with Crippen molar-refractivity contribution in [2.75, 3.05) is 6.61 Å². The van der Waals surface area contributed by atoms with E-state index in [2.05, 4.69) is 31.4 Å². The van der Waals surface area contributed by atoms with Crippen LogP contribution in [0.3, 0.4) is 0 Å². The molecule has 1 aromatic heterocycles. The van der Waals surface area contributed by atoms with E-state index in [9.17, 15) is 9.59 Å². The largest absolute Gasteiger partial charge is 0.451 e. The third-order valence-electron chi connectivity index (χ3n) is 3.65. The second-order valence-electron chi connectivity index (χ2n) is 5.66. The molecule has 0 spiro atoms. The summed E-state index contributed by atoms with van der Waals surface area (Å²) in [5.74, 6) is -1.06. The van der Waals surface area contributed by atoms with Gasteiger partial charge in [0.15, 0.2) is 6.61 Å². The van der Waals surface area contributed by atoms with Gasteiger partial charge in [0.25, 0.3) is 5.91 Å². The van der Waals surface area contributed by atoms with Gasteiger partial charge in [-0.3, -0.25) is 9.89 Å². The molecule has 138 valence electrons. The van der Waals surface area contributed by atoms with Crippen molar-refractivity contribution in [3.63, 3.8) is 0 Å². The molecule has 0 atom stereocenters. The molecule has 0 bridgehead atoms. The summed E-state index contributed by atoms with van der Waals surface area (Å²) in [6, 6.07) is 16.2. The number of nitrogens with zero attached hydrogens (tertiary/aromatic N) is 1. The zero-order chi connectivity index (χ0) is 19.2. The van der Waals surface area contributed by atoms with Gasteiger partial charge in [0.2, 0.25) is 0 Å². The Hall–Kier alpha value is -2.64. The average Bonchev–Trinajstić information content (AvgIpc) is 3.15. The summed E-state index contributed by atoms with van der Waals surface area (Å²) >= 11 is 9.26. The van der Waals surface area contributed by atoms with E-state index in [1.807, 2.05) is 30.3 Å². The second-order valence-corrected chi connectivity index (χ2v) is 7.01. The van der Waals surface area contributed by atoms with Crippen LogP contribution in [0.4, 0.5) is 0 Å². The Morgan fingerprint density at radius 3 is 2.67 bits per heavy atom. The number of amides is 1. The monoisotopic (exact) mass is 447 g/mol. The molecule has 3 aromatic rings. The summed E-state index contributed by atoms with van der Waals surface area (Å²) in [6.07, 6.45) is 0. The number of esters is 1. The number of rotatable bonds is 6. The van der Waals surface area contributed by atoms with E-state index in [1.54, 1.807) is 24.3 Å². The van der Waals surface area contributed by atoms with E-state index < -0.39 is 11.9 Å². The lowest BCUT2D eigenvalue weighted by Crippen LogP contribution is -2.28. The van der Waals surface area contributed by atoms with Crippen LogP contribution in [-0.4, -0.2) is 28.7 Å². The van der Waals surface area contributed by atoms with Crippen LogP contribution in [0.1, 0.15) is 16.1 Å². The van der Waals surface area contributed by atoms with Crippen LogP contribution in [0.5, 0.6) is 0 Å². The molecule has 1 heterocycles. The number of aromatic amines is 1. The maximum atomic E-state index is 12.1. The number of hydrogen-bond acceptors (Lipinski definition) is 4. The number of aromatic nitrogens is 2. The van der Waals surface area contributed by atoms with Crippen LogP contribution in [-0.2, 0) is 16.1 Å². The van der Waals surface area contributed by atoms with Gasteiger partial charge in [0.05, 0.1) is 5.69 Å². The fourth-order valence-corrected chi connectivity index (χ4v) is 2.78. The minimum absolute atomic E-state index is 0.176. The molecule has 27 heavy (non-hydrogen) atoms. The first-order valence-corrected chi connectivity index (χ1v) is 9.18. The lowest BCUT2D eigenvalue weighted by Gasteiger charge is -2.06. The first kappa shape index (κ1) is 19.1. The van der Waals surface area contributed by atoms with Gasteiger partial charge < -0.3 is 10.1 Å². The molecule has 0 saturated heterocycles. The Bertz CT molecular complexity index is 957. The van der Waals surface area contributed by atoms with Crippen molar-refractivity contribution in [2.45, 2.75) is 6.54 Å². The number of nitrogens with one attached hydrogen (secondary N) is 2. The van der Waals surface area contributed by atoms with Gasteiger partial charge in [0.1, 0.15) is 5.69 Å². The Morgan fingerprint density at radius 2 is 1.93 bits per heavy atom. The summed E-state index contributed by atoms with van der Waals surface area (Å²) in [6.45, 7) is -0.0826. The minimum atomic E-state index is -0.649. The van der Waals surface area contributed by atoms with Crippen molar-refractivity contribution in [1.82, 2.24) is 15.5 Å². The molecule has 1 amide bonds.